The Kier molecular flexibility index (Phi) is 4.92. The van der Waals surface area contributed by atoms with Gasteiger partial charge in [-0.05, 0) is 43.5 Å². The molecule has 0 radical (unpaired) electrons. The van der Waals surface area contributed by atoms with E-state index in [1.807, 2.05) is 36.4 Å². The number of aromatic nitrogens is 2. The van der Waals surface area contributed by atoms with Gasteiger partial charge in [-0.15, -0.1) is 0 Å². The summed E-state index contributed by atoms with van der Waals surface area (Å²) in [5.41, 5.74) is 4.03. The number of pyridine rings is 1. The van der Waals surface area contributed by atoms with Gasteiger partial charge in [0.1, 0.15) is 0 Å². The summed E-state index contributed by atoms with van der Waals surface area (Å²) in [6.07, 6.45) is 1.33. The zero-order valence-corrected chi connectivity index (χ0v) is 16.3. The van der Waals surface area contributed by atoms with Gasteiger partial charge in [0.2, 0.25) is 5.88 Å². The number of halogens is 1. The Labute approximate surface area is 167 Å². The Balaban J connectivity index is 1.77. The molecule has 0 aliphatic carbocycles. The van der Waals surface area contributed by atoms with E-state index in [-0.39, 0.29) is 12.0 Å². The number of ether oxygens (including phenoxy) is 2. The molecule has 2 heterocycles. The summed E-state index contributed by atoms with van der Waals surface area (Å²) in [4.78, 5) is 19.4. The minimum absolute atomic E-state index is 0.201. The van der Waals surface area contributed by atoms with Crippen LogP contribution in [0.2, 0.25) is 5.02 Å². The molecule has 4 aromatic rings. The minimum Gasteiger partial charge on any atom is -0.431 e. The summed E-state index contributed by atoms with van der Waals surface area (Å²) in [7, 11) is 0. The highest BCUT2D eigenvalue weighted by atomic mass is 35.5. The number of carbonyl (C=O) groups excluding carboxylic acids is 1. The van der Waals surface area contributed by atoms with E-state index in [2.05, 4.69) is 16.0 Å². The number of hydrogen-bond donors (Lipinski definition) is 1. The monoisotopic (exact) mass is 394 g/mol. The molecule has 1 N–H and O–H groups in total. The molecule has 0 amide bonds. The van der Waals surface area contributed by atoms with Crippen molar-refractivity contribution in [2.24, 2.45) is 0 Å². The Morgan fingerprint density at radius 1 is 1.11 bits per heavy atom. The maximum Gasteiger partial charge on any atom is 0.515 e. The molecular weight excluding hydrogens is 376 g/mol. The standard InChI is InChI=1S/C22H19ClN2O3/c1-13(2)27-22(26)28-20-11-16-19(12-24-20)25-18-9-5-7-15(21(16)18)10-14-6-3-4-8-17(14)23/h3-9,11-13,25H,10H2,1-2H3. The summed E-state index contributed by atoms with van der Waals surface area (Å²) < 4.78 is 10.2. The largest absolute Gasteiger partial charge is 0.515 e. The number of benzene rings is 2. The lowest BCUT2D eigenvalue weighted by atomic mass is 10.00. The van der Waals surface area contributed by atoms with Crippen LogP contribution < -0.4 is 4.74 Å². The average molecular weight is 395 g/mol. The summed E-state index contributed by atoms with van der Waals surface area (Å²) >= 11 is 6.35. The Morgan fingerprint density at radius 3 is 2.68 bits per heavy atom. The van der Waals surface area contributed by atoms with Gasteiger partial charge in [-0.25, -0.2) is 9.78 Å². The van der Waals surface area contributed by atoms with Crippen LogP contribution >= 0.6 is 11.6 Å². The van der Waals surface area contributed by atoms with Crippen LogP contribution in [0.25, 0.3) is 21.8 Å². The molecule has 28 heavy (non-hydrogen) atoms. The number of hydrogen-bond acceptors (Lipinski definition) is 4. The summed E-state index contributed by atoms with van der Waals surface area (Å²) in [6.45, 7) is 3.52. The Hall–Kier alpha value is -3.05. The second kappa shape index (κ2) is 7.52. The second-order valence-electron chi connectivity index (χ2n) is 6.82. The molecule has 0 bridgehead atoms. The smallest absolute Gasteiger partial charge is 0.431 e. The minimum atomic E-state index is -0.766. The van der Waals surface area contributed by atoms with Crippen molar-refractivity contribution >= 4 is 39.6 Å². The third kappa shape index (κ3) is 3.66. The third-order valence-corrected chi connectivity index (χ3v) is 4.80. The predicted molar refractivity (Wildman–Crippen MR) is 110 cm³/mol. The van der Waals surface area contributed by atoms with Crippen molar-refractivity contribution in [3.8, 4) is 5.88 Å². The van der Waals surface area contributed by atoms with Gasteiger partial charge in [-0.1, -0.05) is 41.9 Å². The summed E-state index contributed by atoms with van der Waals surface area (Å²) in [5.74, 6) is 0.201. The molecule has 0 unspecified atom stereocenters. The van der Waals surface area contributed by atoms with Crippen molar-refractivity contribution in [3.63, 3.8) is 0 Å². The first-order valence-electron chi connectivity index (χ1n) is 9.02. The van der Waals surface area contributed by atoms with Gasteiger partial charge in [-0.2, -0.15) is 0 Å². The lowest BCUT2D eigenvalue weighted by Crippen LogP contribution is -2.16. The van der Waals surface area contributed by atoms with Crippen LogP contribution in [0.4, 0.5) is 4.79 Å². The zero-order chi connectivity index (χ0) is 19.7. The molecule has 0 fully saturated rings. The van der Waals surface area contributed by atoms with E-state index in [1.165, 1.54) is 0 Å². The molecule has 2 aromatic carbocycles. The van der Waals surface area contributed by atoms with E-state index in [9.17, 15) is 4.79 Å². The number of fused-ring (bicyclic) bond motifs is 3. The van der Waals surface area contributed by atoms with E-state index >= 15 is 0 Å². The van der Waals surface area contributed by atoms with Crippen LogP contribution in [0, 0.1) is 0 Å². The first-order valence-corrected chi connectivity index (χ1v) is 9.40. The lowest BCUT2D eigenvalue weighted by molar-refractivity contribution is 0.0716. The van der Waals surface area contributed by atoms with Crippen LogP contribution in [0.15, 0.2) is 54.7 Å². The lowest BCUT2D eigenvalue weighted by Gasteiger charge is -2.08. The first-order chi connectivity index (χ1) is 13.5. The summed E-state index contributed by atoms with van der Waals surface area (Å²) in [5, 5.41) is 2.73. The van der Waals surface area contributed by atoms with Crippen molar-refractivity contribution in [2.75, 3.05) is 0 Å². The molecule has 6 heteroatoms. The Bertz CT molecular complexity index is 1170. The van der Waals surface area contributed by atoms with Gasteiger partial charge < -0.3 is 14.5 Å². The number of H-pyrrole nitrogens is 1. The topological polar surface area (TPSA) is 64.2 Å². The first kappa shape index (κ1) is 18.3. The average Bonchev–Trinajstić information content (AvgIpc) is 3.02. The highest BCUT2D eigenvalue weighted by Crippen LogP contribution is 2.32. The maximum atomic E-state index is 11.8. The fourth-order valence-electron chi connectivity index (χ4n) is 3.26. The molecule has 0 aliphatic heterocycles. The Morgan fingerprint density at radius 2 is 1.89 bits per heavy atom. The fourth-order valence-corrected chi connectivity index (χ4v) is 3.46. The van der Waals surface area contributed by atoms with E-state index in [1.54, 1.807) is 26.1 Å². The molecule has 0 aliphatic rings. The van der Waals surface area contributed by atoms with Crippen molar-refractivity contribution in [2.45, 2.75) is 26.4 Å². The zero-order valence-electron chi connectivity index (χ0n) is 15.5. The highest BCUT2D eigenvalue weighted by Gasteiger charge is 2.14. The van der Waals surface area contributed by atoms with Crippen molar-refractivity contribution in [3.05, 3.63) is 70.9 Å². The van der Waals surface area contributed by atoms with Crippen LogP contribution in [-0.4, -0.2) is 22.2 Å². The van der Waals surface area contributed by atoms with E-state index in [4.69, 9.17) is 21.1 Å². The van der Waals surface area contributed by atoms with Gasteiger partial charge in [0, 0.05) is 27.4 Å². The fraction of sp³-hybridized carbons (Fsp3) is 0.182. The third-order valence-electron chi connectivity index (χ3n) is 4.43. The van der Waals surface area contributed by atoms with Gasteiger partial charge in [0.05, 0.1) is 17.8 Å². The van der Waals surface area contributed by atoms with Crippen LogP contribution in [0.1, 0.15) is 25.0 Å². The van der Waals surface area contributed by atoms with Gasteiger partial charge in [-0.3, -0.25) is 0 Å². The maximum absolute atomic E-state index is 11.8. The molecule has 0 spiro atoms. The summed E-state index contributed by atoms with van der Waals surface area (Å²) in [6, 6.07) is 15.7. The van der Waals surface area contributed by atoms with Crippen LogP contribution in [0.5, 0.6) is 5.88 Å². The van der Waals surface area contributed by atoms with E-state index in [0.29, 0.717) is 6.42 Å². The van der Waals surface area contributed by atoms with Gasteiger partial charge >= 0.3 is 6.16 Å². The number of carbonyl (C=O) groups is 1. The van der Waals surface area contributed by atoms with Crippen LogP contribution in [0.3, 0.4) is 0 Å². The number of nitrogens with zero attached hydrogens (tertiary/aromatic N) is 1. The molecular formula is C22H19ClN2O3. The van der Waals surface area contributed by atoms with Crippen molar-refractivity contribution < 1.29 is 14.3 Å². The molecule has 2 aromatic heterocycles. The molecule has 4 rings (SSSR count). The number of rotatable bonds is 4. The van der Waals surface area contributed by atoms with E-state index < -0.39 is 6.16 Å². The highest BCUT2D eigenvalue weighted by molar-refractivity contribution is 6.31. The SMILES string of the molecule is CC(C)OC(=O)Oc1cc2c(cn1)[nH]c1cccc(Cc3ccccc3Cl)c12. The molecule has 0 saturated carbocycles. The van der Waals surface area contributed by atoms with E-state index in [0.717, 1.165) is 38.0 Å². The number of nitrogens with one attached hydrogen (secondary N) is 1. The van der Waals surface area contributed by atoms with Crippen molar-refractivity contribution in [1.82, 2.24) is 9.97 Å². The number of aromatic amines is 1. The quantitative estimate of drug-likeness (QED) is 0.439. The molecule has 142 valence electrons. The molecule has 0 saturated heterocycles. The molecule has 0 atom stereocenters. The van der Waals surface area contributed by atoms with Gasteiger partial charge in [0.25, 0.3) is 0 Å². The molecule has 5 nitrogen and oxygen atoms in total. The van der Waals surface area contributed by atoms with Crippen LogP contribution in [-0.2, 0) is 11.2 Å². The second-order valence-corrected chi connectivity index (χ2v) is 7.23. The predicted octanol–water partition coefficient (Wildman–Crippen LogP) is 5.88. The van der Waals surface area contributed by atoms with Crippen molar-refractivity contribution in [1.29, 1.82) is 0 Å². The normalized spacial score (nSPS) is 11.3. The van der Waals surface area contributed by atoms with Gasteiger partial charge in [0.15, 0.2) is 0 Å².